The number of aromatic nitrogens is 1. The van der Waals surface area contributed by atoms with Crippen molar-refractivity contribution in [2.24, 2.45) is 4.99 Å². The van der Waals surface area contributed by atoms with E-state index in [1.54, 1.807) is 36.0 Å². The van der Waals surface area contributed by atoms with Crippen LogP contribution >= 0.6 is 11.8 Å². The Hall–Kier alpha value is -2.60. The number of aliphatic hydroxyl groups excluding tert-OH is 1. The molecule has 5 nitrogen and oxygen atoms in total. The zero-order chi connectivity index (χ0) is 17.8. The summed E-state index contributed by atoms with van der Waals surface area (Å²) in [6.07, 6.45) is 6.93. The van der Waals surface area contributed by atoms with E-state index in [1.165, 1.54) is 0 Å². The fourth-order valence-electron chi connectivity index (χ4n) is 2.64. The predicted octanol–water partition coefficient (Wildman–Crippen LogP) is 3.83. The topological polar surface area (TPSA) is 57.7 Å². The first-order valence-electron chi connectivity index (χ1n) is 7.86. The summed E-state index contributed by atoms with van der Waals surface area (Å²) in [5, 5.41) is 9.38. The Kier molecular flexibility index (Phi) is 5.19. The van der Waals surface area contributed by atoms with E-state index in [4.69, 9.17) is 4.74 Å². The van der Waals surface area contributed by atoms with Gasteiger partial charge in [-0.15, -0.1) is 11.8 Å². The summed E-state index contributed by atoms with van der Waals surface area (Å²) in [6, 6.07) is 8.12. The molecule has 0 saturated carbocycles. The molecule has 0 unspecified atom stereocenters. The average molecular weight is 354 g/mol. The van der Waals surface area contributed by atoms with Gasteiger partial charge in [-0.05, 0) is 24.9 Å². The molecule has 1 aromatic carbocycles. The Morgan fingerprint density at radius 2 is 2.08 bits per heavy atom. The lowest BCUT2D eigenvalue weighted by Gasteiger charge is -2.12. The van der Waals surface area contributed by atoms with Gasteiger partial charge in [0.15, 0.2) is 6.20 Å². The van der Waals surface area contributed by atoms with Crippen molar-refractivity contribution in [3.8, 4) is 5.75 Å². The quantitative estimate of drug-likeness (QED) is 0.655. The lowest BCUT2D eigenvalue weighted by molar-refractivity contribution is -0.304. The Morgan fingerprint density at radius 1 is 1.28 bits per heavy atom. The number of aliphatic hydroxyl groups is 1. The number of aryl methyl sites for hydroxylation is 1. The fourth-order valence-corrected chi connectivity index (χ4v) is 3.68. The highest BCUT2D eigenvalue weighted by atomic mass is 32.2. The largest absolute Gasteiger partial charge is 0.496 e. The third-order valence-electron chi connectivity index (χ3n) is 3.91. The second-order valence-corrected chi connectivity index (χ2v) is 6.70. The maximum atomic E-state index is 9.38. The van der Waals surface area contributed by atoms with Gasteiger partial charge in [0, 0.05) is 33.5 Å². The molecule has 1 N–H and O–H groups in total. The summed E-state index contributed by atoms with van der Waals surface area (Å²) < 4.78 is 7.23. The number of aliphatic imine (C=N–C) groups is 1. The molecule has 2 heterocycles. The third kappa shape index (κ3) is 3.91. The van der Waals surface area contributed by atoms with Crippen LogP contribution in [0.4, 0.5) is 0 Å². The molecule has 2 aromatic rings. The molecule has 0 atom stereocenters. The molecule has 0 spiro atoms. The first kappa shape index (κ1) is 17.2. The molecule has 0 saturated heterocycles. The molecule has 1 aromatic heterocycles. The summed E-state index contributed by atoms with van der Waals surface area (Å²) in [7, 11) is 1.69. The number of thioether (sulfide) groups is 1. The molecule has 0 amide bonds. The van der Waals surface area contributed by atoms with Gasteiger partial charge < -0.3 is 9.84 Å². The first-order chi connectivity index (χ1) is 12.1. The van der Waals surface area contributed by atoms with Gasteiger partial charge in [0.2, 0.25) is 0 Å². The van der Waals surface area contributed by atoms with Crippen molar-refractivity contribution in [3.63, 3.8) is 0 Å². The molecule has 0 aliphatic carbocycles. The minimum absolute atomic E-state index is 0.00737. The van der Waals surface area contributed by atoms with E-state index in [0.29, 0.717) is 0 Å². The summed E-state index contributed by atoms with van der Waals surface area (Å²) in [5.41, 5.74) is 4.20. The number of pyridine rings is 1. The lowest BCUT2D eigenvalue weighted by Crippen LogP contribution is -2.02. The van der Waals surface area contributed by atoms with Crippen molar-refractivity contribution in [1.82, 2.24) is 4.98 Å². The highest BCUT2D eigenvalue weighted by molar-refractivity contribution is 7.98. The van der Waals surface area contributed by atoms with Crippen LogP contribution in [0, 0.1) is 13.8 Å². The highest BCUT2D eigenvalue weighted by Crippen LogP contribution is 2.30. The molecule has 1 aliphatic rings. The smallest absolute Gasteiger partial charge is 0.365 e. The van der Waals surface area contributed by atoms with Crippen LogP contribution < -0.4 is 4.74 Å². The van der Waals surface area contributed by atoms with Gasteiger partial charge in [-0.25, -0.2) is 4.58 Å². The SMILES string of the molecule is COc1c(C)cnc(CSc2ccccc2C=[N+]2C=NC(O)=C2)c1C. The van der Waals surface area contributed by atoms with Gasteiger partial charge in [-0.2, -0.15) is 0 Å². The van der Waals surface area contributed by atoms with E-state index in [0.717, 1.165) is 38.8 Å². The van der Waals surface area contributed by atoms with Crippen molar-refractivity contribution < 1.29 is 14.4 Å². The summed E-state index contributed by atoms with van der Waals surface area (Å²) in [5.74, 6) is 1.66. The van der Waals surface area contributed by atoms with Gasteiger partial charge in [0.25, 0.3) is 6.34 Å². The van der Waals surface area contributed by atoms with E-state index < -0.39 is 0 Å². The molecule has 1 aliphatic heterocycles. The van der Waals surface area contributed by atoms with Gasteiger partial charge >= 0.3 is 5.88 Å². The van der Waals surface area contributed by atoms with Crippen LogP contribution in [-0.4, -0.2) is 34.3 Å². The van der Waals surface area contributed by atoms with Gasteiger partial charge in [-0.3, -0.25) is 4.98 Å². The van der Waals surface area contributed by atoms with E-state index in [2.05, 4.69) is 16.0 Å². The molecule has 3 rings (SSSR count). The molecule has 0 fully saturated rings. The summed E-state index contributed by atoms with van der Waals surface area (Å²) in [4.78, 5) is 9.53. The highest BCUT2D eigenvalue weighted by Gasteiger charge is 2.13. The van der Waals surface area contributed by atoms with Crippen LogP contribution in [0.15, 0.2) is 52.4 Å². The minimum Gasteiger partial charge on any atom is -0.496 e. The average Bonchev–Trinajstić information content (AvgIpc) is 3.01. The number of hydrogen-bond donors (Lipinski definition) is 1. The standard InChI is InChI=1S/C19H19N3O2S/c1-13-8-20-16(14(2)19(13)24-3)11-25-17-7-5-4-6-15(17)9-22-10-18(23)21-12-22/h4-10,12H,11H2,1-3H3/p+1. The van der Waals surface area contributed by atoms with Crippen LogP contribution in [0.1, 0.15) is 22.4 Å². The normalized spacial score (nSPS) is 14.8. The number of ether oxygens (including phenoxy) is 1. The maximum absolute atomic E-state index is 9.38. The van der Waals surface area contributed by atoms with Gasteiger partial charge in [0.1, 0.15) is 12.0 Å². The maximum Gasteiger partial charge on any atom is 0.365 e. The molecule has 6 heteroatoms. The Morgan fingerprint density at radius 3 is 2.80 bits per heavy atom. The number of hydrogen-bond acceptors (Lipinski definition) is 5. The Labute approximate surface area is 151 Å². The van der Waals surface area contributed by atoms with Crippen molar-refractivity contribution in [2.75, 3.05) is 7.11 Å². The minimum atomic E-state index is 0.00737. The predicted molar refractivity (Wildman–Crippen MR) is 101 cm³/mol. The van der Waals surface area contributed by atoms with Crippen molar-refractivity contribution >= 4 is 24.3 Å². The van der Waals surface area contributed by atoms with Crippen molar-refractivity contribution in [1.29, 1.82) is 0 Å². The number of benzene rings is 1. The first-order valence-corrected chi connectivity index (χ1v) is 8.85. The monoisotopic (exact) mass is 354 g/mol. The van der Waals surface area contributed by atoms with Crippen molar-refractivity contribution in [2.45, 2.75) is 24.5 Å². The molecule has 0 bridgehead atoms. The van der Waals surface area contributed by atoms with Crippen LogP contribution in [-0.2, 0) is 5.75 Å². The van der Waals surface area contributed by atoms with Gasteiger partial charge in [-0.1, -0.05) is 18.2 Å². The Balaban J connectivity index is 1.82. The zero-order valence-corrected chi connectivity index (χ0v) is 15.2. The van der Waals surface area contributed by atoms with Crippen molar-refractivity contribution in [3.05, 3.63) is 64.9 Å². The molecule has 128 valence electrons. The van der Waals surface area contributed by atoms with E-state index >= 15 is 0 Å². The van der Waals surface area contributed by atoms with Crippen LogP contribution in [0.2, 0.25) is 0 Å². The van der Waals surface area contributed by atoms with Crippen LogP contribution in [0.3, 0.4) is 0 Å². The third-order valence-corrected chi connectivity index (χ3v) is 5.01. The summed E-state index contributed by atoms with van der Waals surface area (Å²) in [6.45, 7) is 4.04. The molecular weight excluding hydrogens is 334 g/mol. The number of rotatable bonds is 5. The number of methoxy groups -OCH3 is 1. The van der Waals surface area contributed by atoms with Crippen LogP contribution in [0.5, 0.6) is 5.75 Å². The number of nitrogens with zero attached hydrogens (tertiary/aromatic N) is 3. The molecular formula is C19H20N3O2S+. The van der Waals surface area contributed by atoms with E-state index in [-0.39, 0.29) is 5.88 Å². The second kappa shape index (κ2) is 7.53. The second-order valence-electron chi connectivity index (χ2n) is 5.68. The van der Waals surface area contributed by atoms with E-state index in [1.807, 2.05) is 44.5 Å². The molecule has 25 heavy (non-hydrogen) atoms. The lowest BCUT2D eigenvalue weighted by atomic mass is 10.1. The zero-order valence-electron chi connectivity index (χ0n) is 14.4. The van der Waals surface area contributed by atoms with Gasteiger partial charge in [0.05, 0.1) is 12.8 Å². The summed E-state index contributed by atoms with van der Waals surface area (Å²) >= 11 is 1.72. The Bertz CT molecular complexity index is 888. The fraction of sp³-hybridized carbons (Fsp3) is 0.211. The molecule has 0 radical (unpaired) electrons. The van der Waals surface area contributed by atoms with Crippen LogP contribution in [0.25, 0.3) is 0 Å². The van der Waals surface area contributed by atoms with E-state index in [9.17, 15) is 5.11 Å².